The van der Waals surface area contributed by atoms with Crippen molar-refractivity contribution in [2.24, 2.45) is 5.73 Å². The minimum atomic E-state index is -0.265. The number of thiocarbonyl (C=S) groups is 1. The van der Waals surface area contributed by atoms with Crippen LogP contribution in [0.1, 0.15) is 15.9 Å². The molecule has 0 saturated carbocycles. The lowest BCUT2D eigenvalue weighted by atomic mass is 10.1. The molecule has 104 valence electrons. The normalized spacial score (nSPS) is 10.3. The average Bonchev–Trinajstić information content (AvgIpc) is 2.68. The summed E-state index contributed by atoms with van der Waals surface area (Å²) in [5, 5.41) is 3.26. The van der Waals surface area contributed by atoms with Gasteiger partial charge >= 0.3 is 0 Å². The molecule has 0 aliphatic carbocycles. The van der Waals surface area contributed by atoms with Gasteiger partial charge in [0, 0.05) is 10.6 Å². The van der Waals surface area contributed by atoms with Gasteiger partial charge in [-0.25, -0.2) is 0 Å². The molecule has 0 atom stereocenters. The van der Waals surface area contributed by atoms with Crippen LogP contribution in [0.25, 0.3) is 0 Å². The van der Waals surface area contributed by atoms with Gasteiger partial charge < -0.3 is 11.1 Å². The largest absolute Gasteiger partial charge is 0.389 e. The summed E-state index contributed by atoms with van der Waals surface area (Å²) in [6.45, 7) is 0. The molecular formula is C12H7Br2ClN2OS2. The van der Waals surface area contributed by atoms with E-state index in [2.05, 4.69) is 37.2 Å². The number of benzene rings is 1. The second-order valence-corrected chi connectivity index (χ2v) is 8.37. The molecule has 0 aliphatic heterocycles. The first-order valence-electron chi connectivity index (χ1n) is 5.24. The number of anilines is 1. The van der Waals surface area contributed by atoms with Gasteiger partial charge in [0.2, 0.25) is 0 Å². The third-order valence-electron chi connectivity index (χ3n) is 2.40. The van der Waals surface area contributed by atoms with Crippen molar-refractivity contribution in [1.29, 1.82) is 0 Å². The molecule has 0 bridgehead atoms. The van der Waals surface area contributed by atoms with Crippen molar-refractivity contribution >= 4 is 83.6 Å². The highest BCUT2D eigenvalue weighted by atomic mass is 79.9. The molecule has 1 heterocycles. The van der Waals surface area contributed by atoms with Crippen LogP contribution in [0.3, 0.4) is 0 Å². The summed E-state index contributed by atoms with van der Waals surface area (Å²) >= 11 is 19.0. The number of carbonyl (C=O) groups is 1. The van der Waals surface area contributed by atoms with E-state index >= 15 is 0 Å². The van der Waals surface area contributed by atoms with Crippen LogP contribution in [0.4, 0.5) is 5.69 Å². The van der Waals surface area contributed by atoms with Crippen LogP contribution in [0.2, 0.25) is 5.02 Å². The van der Waals surface area contributed by atoms with E-state index in [4.69, 9.17) is 29.6 Å². The van der Waals surface area contributed by atoms with Gasteiger partial charge in [-0.1, -0.05) is 23.8 Å². The monoisotopic (exact) mass is 452 g/mol. The van der Waals surface area contributed by atoms with E-state index in [1.807, 2.05) is 0 Å². The average molecular weight is 455 g/mol. The van der Waals surface area contributed by atoms with Crippen LogP contribution >= 0.6 is 67.0 Å². The first-order chi connectivity index (χ1) is 9.38. The fourth-order valence-corrected chi connectivity index (χ4v) is 4.66. The number of hydrogen-bond donors (Lipinski definition) is 2. The van der Waals surface area contributed by atoms with E-state index < -0.39 is 0 Å². The van der Waals surface area contributed by atoms with Gasteiger partial charge in [-0.05, 0) is 56.1 Å². The highest BCUT2D eigenvalue weighted by Crippen LogP contribution is 2.32. The van der Waals surface area contributed by atoms with Crippen molar-refractivity contribution in [2.75, 3.05) is 5.32 Å². The Morgan fingerprint density at radius 1 is 1.30 bits per heavy atom. The third kappa shape index (κ3) is 3.59. The van der Waals surface area contributed by atoms with Crippen LogP contribution in [-0.2, 0) is 0 Å². The molecular weight excluding hydrogens is 448 g/mol. The third-order valence-corrected chi connectivity index (χ3v) is 5.19. The maximum absolute atomic E-state index is 12.3. The summed E-state index contributed by atoms with van der Waals surface area (Å²) in [5.41, 5.74) is 7.22. The summed E-state index contributed by atoms with van der Waals surface area (Å²) in [6.07, 6.45) is 0. The van der Waals surface area contributed by atoms with E-state index in [0.717, 1.165) is 7.57 Å². The van der Waals surface area contributed by atoms with Crippen molar-refractivity contribution in [3.63, 3.8) is 0 Å². The number of thiophene rings is 1. The van der Waals surface area contributed by atoms with Gasteiger partial charge in [-0.15, -0.1) is 11.3 Å². The van der Waals surface area contributed by atoms with Gasteiger partial charge in [0.25, 0.3) is 5.91 Å². The summed E-state index contributed by atoms with van der Waals surface area (Å²) in [7, 11) is 0. The van der Waals surface area contributed by atoms with Crippen LogP contribution in [-0.4, -0.2) is 10.9 Å². The second-order valence-electron chi connectivity index (χ2n) is 3.75. The molecule has 0 radical (unpaired) electrons. The van der Waals surface area contributed by atoms with Gasteiger partial charge in [0.15, 0.2) is 0 Å². The quantitative estimate of drug-likeness (QED) is 0.655. The lowest BCUT2D eigenvalue weighted by Gasteiger charge is -2.10. The van der Waals surface area contributed by atoms with E-state index in [-0.39, 0.29) is 10.9 Å². The summed E-state index contributed by atoms with van der Waals surface area (Å²) in [6, 6.07) is 6.69. The predicted molar refractivity (Wildman–Crippen MR) is 95.0 cm³/mol. The minimum Gasteiger partial charge on any atom is -0.389 e. The van der Waals surface area contributed by atoms with Crippen LogP contribution in [0, 0.1) is 0 Å². The first kappa shape index (κ1) is 15.9. The second kappa shape index (κ2) is 6.53. The summed E-state index contributed by atoms with van der Waals surface area (Å²) in [5.74, 6) is -0.265. The summed E-state index contributed by atoms with van der Waals surface area (Å²) < 4.78 is 1.59. The van der Waals surface area contributed by atoms with E-state index in [1.165, 1.54) is 11.3 Å². The molecule has 1 aromatic heterocycles. The fourth-order valence-electron chi connectivity index (χ4n) is 1.52. The molecule has 1 amide bonds. The highest BCUT2D eigenvalue weighted by molar-refractivity contribution is 9.12. The smallest absolute Gasteiger partial charge is 0.257 e. The zero-order chi connectivity index (χ0) is 14.9. The topological polar surface area (TPSA) is 55.1 Å². The Bertz CT molecular complexity index is 703. The maximum atomic E-state index is 12.3. The number of amides is 1. The predicted octanol–water partition coefficient (Wildman–Crippen LogP) is 4.81. The van der Waals surface area contributed by atoms with Crippen molar-refractivity contribution in [3.8, 4) is 0 Å². The molecule has 2 aromatic rings. The van der Waals surface area contributed by atoms with E-state index in [9.17, 15) is 4.79 Å². The van der Waals surface area contributed by atoms with Crippen molar-refractivity contribution < 1.29 is 4.79 Å². The van der Waals surface area contributed by atoms with Crippen molar-refractivity contribution in [1.82, 2.24) is 0 Å². The number of hydrogen-bond acceptors (Lipinski definition) is 3. The molecule has 2 rings (SSSR count). The molecule has 8 heteroatoms. The Kier molecular flexibility index (Phi) is 5.19. The van der Waals surface area contributed by atoms with Crippen molar-refractivity contribution in [3.05, 3.63) is 48.0 Å². The Hall–Kier alpha value is -0.470. The molecule has 20 heavy (non-hydrogen) atoms. The van der Waals surface area contributed by atoms with Crippen LogP contribution in [0.15, 0.2) is 31.8 Å². The number of nitrogens with two attached hydrogens (primary N) is 1. The molecule has 0 unspecified atom stereocenters. The van der Waals surface area contributed by atoms with E-state index in [0.29, 0.717) is 21.8 Å². The van der Waals surface area contributed by atoms with Crippen molar-refractivity contribution in [2.45, 2.75) is 0 Å². The Morgan fingerprint density at radius 3 is 2.55 bits per heavy atom. The van der Waals surface area contributed by atoms with E-state index in [1.54, 1.807) is 24.3 Å². The van der Waals surface area contributed by atoms with Crippen LogP contribution in [0.5, 0.6) is 0 Å². The number of nitrogens with one attached hydrogen (secondary N) is 1. The number of halogens is 3. The fraction of sp³-hybridized carbons (Fsp3) is 0. The molecule has 1 aromatic carbocycles. The van der Waals surface area contributed by atoms with Gasteiger partial charge in [-0.2, -0.15) is 0 Å². The zero-order valence-electron chi connectivity index (χ0n) is 9.75. The lowest BCUT2D eigenvalue weighted by Crippen LogP contribution is -2.17. The molecule has 0 fully saturated rings. The molecule has 3 nitrogen and oxygen atoms in total. The maximum Gasteiger partial charge on any atom is 0.257 e. The van der Waals surface area contributed by atoms with Gasteiger partial charge in [-0.3, -0.25) is 4.79 Å². The number of rotatable bonds is 3. The standard InChI is InChI=1S/C12H7Br2ClN2OS2/c13-9-4-7(10(14)20-9)12(18)17-8-3-5(15)1-2-6(8)11(16)19/h1-4H,(H2,16,19)(H,17,18). The van der Waals surface area contributed by atoms with Crippen LogP contribution < -0.4 is 11.1 Å². The zero-order valence-corrected chi connectivity index (χ0v) is 15.3. The molecule has 0 spiro atoms. The molecule has 3 N–H and O–H groups in total. The SMILES string of the molecule is NC(=S)c1ccc(Cl)cc1NC(=O)c1cc(Br)sc1Br. The lowest BCUT2D eigenvalue weighted by molar-refractivity contribution is 0.102. The minimum absolute atomic E-state index is 0.197. The van der Waals surface area contributed by atoms with Gasteiger partial charge in [0.05, 0.1) is 18.8 Å². The highest BCUT2D eigenvalue weighted by Gasteiger charge is 2.16. The Morgan fingerprint density at radius 2 is 2.00 bits per heavy atom. The molecule has 0 saturated heterocycles. The number of carbonyl (C=O) groups excluding carboxylic acids is 1. The Labute approximate surface area is 146 Å². The van der Waals surface area contributed by atoms with Gasteiger partial charge in [0.1, 0.15) is 4.99 Å². The summed E-state index contributed by atoms with van der Waals surface area (Å²) in [4.78, 5) is 12.4. The Balaban J connectivity index is 2.34. The molecule has 0 aliphatic rings. The first-order valence-corrected chi connectivity index (χ1v) is 8.43.